The number of rotatable bonds is 5. The topological polar surface area (TPSA) is 89.2 Å². The quantitative estimate of drug-likeness (QED) is 0.833. The summed E-state index contributed by atoms with van der Waals surface area (Å²) < 4.78 is 2.44. The molecule has 0 fully saturated rings. The summed E-state index contributed by atoms with van der Waals surface area (Å²) in [6, 6.07) is 6.27. The van der Waals surface area contributed by atoms with Gasteiger partial charge < -0.3 is 10.4 Å². The molecular formula is C14H17ClN4O3. The third-order valence-corrected chi connectivity index (χ3v) is 3.56. The molecule has 22 heavy (non-hydrogen) atoms. The smallest absolute Gasteiger partial charge is 0.346 e. The number of hydrogen-bond donors (Lipinski definition) is 2. The van der Waals surface area contributed by atoms with E-state index < -0.39 is 11.9 Å². The van der Waals surface area contributed by atoms with Crippen molar-refractivity contribution in [3.63, 3.8) is 0 Å². The van der Waals surface area contributed by atoms with Gasteiger partial charge in [0.25, 0.3) is 0 Å². The molecule has 1 unspecified atom stereocenters. The second-order valence-electron chi connectivity index (χ2n) is 4.90. The van der Waals surface area contributed by atoms with Crippen molar-refractivity contribution < 1.29 is 9.90 Å². The number of aliphatic hydroxyl groups is 1. The second-order valence-corrected chi connectivity index (χ2v) is 5.34. The molecule has 0 spiro atoms. The van der Waals surface area contributed by atoms with Crippen LogP contribution in [0.3, 0.4) is 0 Å². The molecule has 0 radical (unpaired) electrons. The van der Waals surface area contributed by atoms with E-state index >= 15 is 0 Å². The normalized spacial score (nSPS) is 12.2. The number of hydrogen-bond acceptors (Lipinski definition) is 4. The molecule has 2 rings (SSSR count). The standard InChI is InChI=1S/C14H17ClN4O3/c1-9-17-19(14(22)18(9)2)7-13(21)16-12(8-20)10-4-3-5-11(15)6-10/h3-6,12,20H,7-8H2,1-2H3,(H,16,21). The van der Waals surface area contributed by atoms with Crippen LogP contribution in [0, 0.1) is 6.92 Å². The molecule has 118 valence electrons. The highest BCUT2D eigenvalue weighted by Gasteiger charge is 2.16. The lowest BCUT2D eigenvalue weighted by Crippen LogP contribution is -2.36. The molecule has 7 nitrogen and oxygen atoms in total. The van der Waals surface area contributed by atoms with E-state index in [1.807, 2.05) is 0 Å². The predicted octanol–water partition coefficient (Wildman–Crippen LogP) is 0.393. The fraction of sp³-hybridized carbons (Fsp3) is 0.357. The summed E-state index contributed by atoms with van der Waals surface area (Å²) in [4.78, 5) is 23.9. The van der Waals surface area contributed by atoms with Gasteiger partial charge in [0.1, 0.15) is 12.4 Å². The number of nitrogens with zero attached hydrogens (tertiary/aromatic N) is 3. The molecule has 0 saturated carbocycles. The van der Waals surface area contributed by atoms with Crippen LogP contribution in [0.1, 0.15) is 17.4 Å². The molecule has 0 aliphatic heterocycles. The van der Waals surface area contributed by atoms with Crippen molar-refractivity contribution in [2.75, 3.05) is 6.61 Å². The zero-order valence-corrected chi connectivity index (χ0v) is 13.0. The number of aromatic nitrogens is 3. The van der Waals surface area contributed by atoms with E-state index in [2.05, 4.69) is 10.4 Å². The molecule has 1 amide bonds. The van der Waals surface area contributed by atoms with Gasteiger partial charge in [0, 0.05) is 12.1 Å². The highest BCUT2D eigenvalue weighted by Crippen LogP contribution is 2.17. The summed E-state index contributed by atoms with van der Waals surface area (Å²) in [5, 5.41) is 16.6. The first-order chi connectivity index (χ1) is 10.4. The van der Waals surface area contributed by atoms with Crippen LogP contribution < -0.4 is 11.0 Å². The largest absolute Gasteiger partial charge is 0.394 e. The van der Waals surface area contributed by atoms with Crippen molar-refractivity contribution in [2.24, 2.45) is 7.05 Å². The average molecular weight is 325 g/mol. The van der Waals surface area contributed by atoms with Crippen LogP contribution in [0.2, 0.25) is 5.02 Å². The lowest BCUT2D eigenvalue weighted by atomic mass is 10.1. The Morgan fingerprint density at radius 3 is 2.77 bits per heavy atom. The fourth-order valence-corrected chi connectivity index (χ4v) is 2.23. The molecule has 1 aromatic heterocycles. The van der Waals surface area contributed by atoms with E-state index in [1.165, 1.54) is 4.57 Å². The maximum Gasteiger partial charge on any atom is 0.346 e. The van der Waals surface area contributed by atoms with Crippen LogP contribution >= 0.6 is 11.6 Å². The van der Waals surface area contributed by atoms with Crippen molar-refractivity contribution in [3.05, 3.63) is 51.2 Å². The number of amides is 1. The molecular weight excluding hydrogens is 308 g/mol. The maximum atomic E-state index is 12.0. The second kappa shape index (κ2) is 6.76. The van der Waals surface area contributed by atoms with Crippen LogP contribution in [0.15, 0.2) is 29.1 Å². The Kier molecular flexibility index (Phi) is 4.99. The van der Waals surface area contributed by atoms with E-state index in [0.29, 0.717) is 16.4 Å². The number of benzene rings is 1. The summed E-state index contributed by atoms with van der Waals surface area (Å²) >= 11 is 5.90. The Morgan fingerprint density at radius 2 is 2.23 bits per heavy atom. The SMILES string of the molecule is Cc1nn(CC(=O)NC(CO)c2cccc(Cl)c2)c(=O)n1C. The van der Waals surface area contributed by atoms with Gasteiger partial charge in [0.05, 0.1) is 12.6 Å². The van der Waals surface area contributed by atoms with Gasteiger partial charge in [-0.3, -0.25) is 9.36 Å². The highest BCUT2D eigenvalue weighted by molar-refractivity contribution is 6.30. The average Bonchev–Trinajstić information content (AvgIpc) is 2.72. The number of halogens is 1. The zero-order valence-electron chi connectivity index (χ0n) is 12.3. The number of aliphatic hydroxyl groups excluding tert-OH is 1. The third-order valence-electron chi connectivity index (χ3n) is 3.32. The Labute approximate surface area is 132 Å². The van der Waals surface area contributed by atoms with Gasteiger partial charge in [0.2, 0.25) is 5.91 Å². The summed E-state index contributed by atoms with van der Waals surface area (Å²) in [5.74, 6) is 0.102. The minimum absolute atomic E-state index is 0.211. The monoisotopic (exact) mass is 324 g/mol. The fourth-order valence-electron chi connectivity index (χ4n) is 2.03. The van der Waals surface area contributed by atoms with Gasteiger partial charge in [-0.05, 0) is 24.6 Å². The van der Waals surface area contributed by atoms with Crippen LogP contribution in [-0.2, 0) is 18.4 Å². The van der Waals surface area contributed by atoms with Gasteiger partial charge in [0.15, 0.2) is 0 Å². The Bertz CT molecular complexity index is 738. The first-order valence-electron chi connectivity index (χ1n) is 6.68. The Hall–Kier alpha value is -2.12. The lowest BCUT2D eigenvalue weighted by molar-refractivity contribution is -0.123. The molecule has 0 aliphatic carbocycles. The predicted molar refractivity (Wildman–Crippen MR) is 81.6 cm³/mol. The summed E-state index contributed by atoms with van der Waals surface area (Å²) in [6.07, 6.45) is 0. The zero-order chi connectivity index (χ0) is 16.3. The van der Waals surface area contributed by atoms with Crippen molar-refractivity contribution in [1.82, 2.24) is 19.7 Å². The summed E-state index contributed by atoms with van der Waals surface area (Å²) in [6.45, 7) is 1.19. The van der Waals surface area contributed by atoms with Crippen LogP contribution in [0.5, 0.6) is 0 Å². The number of aryl methyl sites for hydroxylation is 1. The van der Waals surface area contributed by atoms with Crippen LogP contribution in [0.4, 0.5) is 0 Å². The minimum Gasteiger partial charge on any atom is -0.394 e. The molecule has 0 saturated heterocycles. The molecule has 8 heteroatoms. The van der Waals surface area contributed by atoms with E-state index in [4.69, 9.17) is 11.6 Å². The first kappa shape index (κ1) is 16.3. The van der Waals surface area contributed by atoms with Crippen molar-refractivity contribution in [3.8, 4) is 0 Å². The molecule has 2 N–H and O–H groups in total. The van der Waals surface area contributed by atoms with Gasteiger partial charge >= 0.3 is 5.69 Å². The molecule has 2 aromatic rings. The minimum atomic E-state index is -0.591. The summed E-state index contributed by atoms with van der Waals surface area (Å²) in [5.41, 5.74) is 0.323. The number of carbonyl (C=O) groups is 1. The molecule has 1 aromatic carbocycles. The van der Waals surface area contributed by atoms with Gasteiger partial charge in [-0.25, -0.2) is 9.48 Å². The van der Waals surface area contributed by atoms with Gasteiger partial charge in [-0.1, -0.05) is 23.7 Å². The number of nitrogens with one attached hydrogen (secondary N) is 1. The molecule has 1 atom stereocenters. The first-order valence-corrected chi connectivity index (χ1v) is 7.06. The number of carbonyl (C=O) groups excluding carboxylic acids is 1. The van der Waals surface area contributed by atoms with Gasteiger partial charge in [-0.2, -0.15) is 5.10 Å². The van der Waals surface area contributed by atoms with Crippen molar-refractivity contribution in [2.45, 2.75) is 19.5 Å². The Balaban J connectivity index is 2.09. The van der Waals surface area contributed by atoms with E-state index in [0.717, 1.165) is 4.68 Å². The van der Waals surface area contributed by atoms with E-state index in [9.17, 15) is 14.7 Å². The van der Waals surface area contributed by atoms with Crippen molar-refractivity contribution in [1.29, 1.82) is 0 Å². The molecule has 0 aliphatic rings. The molecule has 1 heterocycles. The lowest BCUT2D eigenvalue weighted by Gasteiger charge is -2.16. The van der Waals surface area contributed by atoms with Crippen molar-refractivity contribution >= 4 is 17.5 Å². The third kappa shape index (κ3) is 3.55. The maximum absolute atomic E-state index is 12.0. The highest BCUT2D eigenvalue weighted by atomic mass is 35.5. The van der Waals surface area contributed by atoms with E-state index in [1.54, 1.807) is 38.2 Å². The summed E-state index contributed by atoms with van der Waals surface area (Å²) in [7, 11) is 1.58. The van der Waals surface area contributed by atoms with Crippen LogP contribution in [0.25, 0.3) is 0 Å². The van der Waals surface area contributed by atoms with E-state index in [-0.39, 0.29) is 18.8 Å². The molecule has 0 bridgehead atoms. The Morgan fingerprint density at radius 1 is 1.50 bits per heavy atom. The van der Waals surface area contributed by atoms with Crippen LogP contribution in [-0.4, -0.2) is 32.0 Å². The van der Waals surface area contributed by atoms with Gasteiger partial charge in [-0.15, -0.1) is 0 Å².